The van der Waals surface area contributed by atoms with E-state index in [9.17, 15) is 4.79 Å². The molecule has 2 atom stereocenters. The molecule has 18 heavy (non-hydrogen) atoms. The molecule has 1 aromatic carbocycles. The summed E-state index contributed by atoms with van der Waals surface area (Å²) < 4.78 is 0. The zero-order valence-corrected chi connectivity index (χ0v) is 11.4. The molecule has 3 heteroatoms. The van der Waals surface area contributed by atoms with Gasteiger partial charge in [0.15, 0.2) is 0 Å². The number of piperidine rings is 1. The van der Waals surface area contributed by atoms with E-state index in [0.717, 1.165) is 24.9 Å². The average molecular weight is 246 g/mol. The van der Waals surface area contributed by atoms with Crippen LogP contribution >= 0.6 is 0 Å². The van der Waals surface area contributed by atoms with Gasteiger partial charge in [-0.15, -0.1) is 0 Å². The van der Waals surface area contributed by atoms with Gasteiger partial charge in [-0.3, -0.25) is 4.79 Å². The topological polar surface area (TPSA) is 41.1 Å². The van der Waals surface area contributed by atoms with Gasteiger partial charge < -0.3 is 10.6 Å². The summed E-state index contributed by atoms with van der Waals surface area (Å²) in [5, 5.41) is 6.52. The lowest BCUT2D eigenvalue weighted by molar-refractivity contribution is 0.0925. The lowest BCUT2D eigenvalue weighted by Gasteiger charge is -2.28. The Labute approximate surface area is 109 Å². The van der Waals surface area contributed by atoms with E-state index >= 15 is 0 Å². The molecule has 1 saturated heterocycles. The highest BCUT2D eigenvalue weighted by Gasteiger charge is 2.20. The first kappa shape index (κ1) is 13.1. The Morgan fingerprint density at radius 3 is 2.78 bits per heavy atom. The van der Waals surface area contributed by atoms with Crippen LogP contribution in [-0.2, 0) is 0 Å². The highest BCUT2D eigenvalue weighted by molar-refractivity contribution is 5.94. The van der Waals surface area contributed by atoms with Gasteiger partial charge in [-0.05, 0) is 63.4 Å². The summed E-state index contributed by atoms with van der Waals surface area (Å²) in [5.41, 5.74) is 3.16. The smallest absolute Gasteiger partial charge is 0.251 e. The number of hydrogen-bond donors (Lipinski definition) is 2. The molecular weight excluding hydrogens is 224 g/mol. The molecule has 1 fully saturated rings. The van der Waals surface area contributed by atoms with E-state index in [0.29, 0.717) is 12.1 Å². The van der Waals surface area contributed by atoms with Crippen LogP contribution in [0.15, 0.2) is 18.2 Å². The van der Waals surface area contributed by atoms with Gasteiger partial charge in [0.1, 0.15) is 0 Å². The average Bonchev–Trinajstić information content (AvgIpc) is 2.32. The van der Waals surface area contributed by atoms with Crippen molar-refractivity contribution >= 4 is 5.91 Å². The first-order valence-electron chi connectivity index (χ1n) is 6.68. The van der Waals surface area contributed by atoms with Gasteiger partial charge in [0, 0.05) is 17.6 Å². The van der Waals surface area contributed by atoms with Crippen LogP contribution in [0.3, 0.4) is 0 Å². The van der Waals surface area contributed by atoms with Gasteiger partial charge >= 0.3 is 0 Å². The van der Waals surface area contributed by atoms with Crippen LogP contribution in [0.25, 0.3) is 0 Å². The highest BCUT2D eigenvalue weighted by atomic mass is 16.1. The van der Waals surface area contributed by atoms with Crippen LogP contribution in [-0.4, -0.2) is 24.5 Å². The summed E-state index contributed by atoms with van der Waals surface area (Å²) in [5.74, 6) is 0.0530. The van der Waals surface area contributed by atoms with E-state index in [1.165, 1.54) is 11.1 Å². The minimum absolute atomic E-state index is 0.0530. The van der Waals surface area contributed by atoms with Crippen molar-refractivity contribution in [2.24, 2.45) is 0 Å². The van der Waals surface area contributed by atoms with Gasteiger partial charge in [0.05, 0.1) is 0 Å². The maximum Gasteiger partial charge on any atom is 0.251 e. The number of carbonyl (C=O) groups is 1. The molecule has 1 amide bonds. The molecule has 0 aliphatic carbocycles. The second kappa shape index (κ2) is 5.53. The predicted octanol–water partition coefficient (Wildman–Crippen LogP) is 2.17. The van der Waals surface area contributed by atoms with E-state index in [2.05, 4.69) is 24.5 Å². The van der Waals surface area contributed by atoms with Gasteiger partial charge in [0.25, 0.3) is 5.91 Å². The van der Waals surface area contributed by atoms with Gasteiger partial charge in [-0.25, -0.2) is 0 Å². The van der Waals surface area contributed by atoms with Gasteiger partial charge in [-0.1, -0.05) is 6.07 Å². The highest BCUT2D eigenvalue weighted by Crippen LogP contribution is 2.12. The number of hydrogen-bond acceptors (Lipinski definition) is 2. The maximum absolute atomic E-state index is 12.2. The molecule has 0 spiro atoms. The van der Waals surface area contributed by atoms with E-state index in [1.807, 2.05) is 25.1 Å². The van der Waals surface area contributed by atoms with Crippen molar-refractivity contribution in [2.75, 3.05) is 6.54 Å². The lowest BCUT2D eigenvalue weighted by Crippen LogP contribution is -2.46. The summed E-state index contributed by atoms with van der Waals surface area (Å²) in [4.78, 5) is 12.2. The Hall–Kier alpha value is -1.35. The SMILES string of the molecule is Cc1ccc(C(=O)NC2CCNC(C)C2)cc1C. The van der Waals surface area contributed by atoms with Crippen LogP contribution in [0.1, 0.15) is 41.3 Å². The molecule has 1 aromatic rings. The first-order chi connectivity index (χ1) is 8.56. The molecule has 0 saturated carbocycles. The minimum Gasteiger partial charge on any atom is -0.349 e. The second-order valence-corrected chi connectivity index (χ2v) is 5.35. The summed E-state index contributed by atoms with van der Waals surface area (Å²) in [6, 6.07) is 6.67. The Morgan fingerprint density at radius 2 is 2.11 bits per heavy atom. The van der Waals surface area contributed by atoms with Crippen molar-refractivity contribution in [3.63, 3.8) is 0 Å². The third-order valence-electron chi connectivity index (χ3n) is 3.73. The molecule has 0 aromatic heterocycles. The van der Waals surface area contributed by atoms with Crippen LogP contribution in [0, 0.1) is 13.8 Å². The summed E-state index contributed by atoms with van der Waals surface area (Å²) >= 11 is 0. The van der Waals surface area contributed by atoms with Crippen LogP contribution in [0.4, 0.5) is 0 Å². The van der Waals surface area contributed by atoms with E-state index in [1.54, 1.807) is 0 Å². The lowest BCUT2D eigenvalue weighted by atomic mass is 9.99. The van der Waals surface area contributed by atoms with Gasteiger partial charge in [0.2, 0.25) is 0 Å². The molecule has 98 valence electrons. The molecule has 1 aliphatic rings. The number of carbonyl (C=O) groups excluding carboxylic acids is 1. The number of amides is 1. The molecule has 0 radical (unpaired) electrons. The molecule has 2 rings (SSSR count). The molecule has 2 N–H and O–H groups in total. The van der Waals surface area contributed by atoms with Crippen molar-refractivity contribution < 1.29 is 4.79 Å². The summed E-state index contributed by atoms with van der Waals surface area (Å²) in [7, 11) is 0. The molecule has 2 unspecified atom stereocenters. The largest absolute Gasteiger partial charge is 0.349 e. The van der Waals surface area contributed by atoms with E-state index in [-0.39, 0.29) is 5.91 Å². The Balaban J connectivity index is 2.00. The minimum atomic E-state index is 0.0530. The van der Waals surface area contributed by atoms with Crippen molar-refractivity contribution in [2.45, 2.75) is 45.7 Å². The van der Waals surface area contributed by atoms with Crippen molar-refractivity contribution in [3.05, 3.63) is 34.9 Å². The second-order valence-electron chi connectivity index (χ2n) is 5.35. The van der Waals surface area contributed by atoms with E-state index in [4.69, 9.17) is 0 Å². The third kappa shape index (κ3) is 3.10. The van der Waals surface area contributed by atoms with Gasteiger partial charge in [-0.2, -0.15) is 0 Å². The molecular formula is C15H22N2O. The predicted molar refractivity (Wildman–Crippen MR) is 73.9 cm³/mol. The standard InChI is InChI=1S/C15H22N2O/c1-10-4-5-13(8-11(10)2)15(18)17-14-6-7-16-12(3)9-14/h4-5,8,12,14,16H,6-7,9H2,1-3H3,(H,17,18). The maximum atomic E-state index is 12.2. The summed E-state index contributed by atoms with van der Waals surface area (Å²) in [6.45, 7) is 7.25. The first-order valence-corrected chi connectivity index (χ1v) is 6.68. The van der Waals surface area contributed by atoms with Crippen molar-refractivity contribution in [1.29, 1.82) is 0 Å². The molecule has 1 heterocycles. The Bertz CT molecular complexity index is 442. The molecule has 0 bridgehead atoms. The third-order valence-corrected chi connectivity index (χ3v) is 3.73. The fourth-order valence-electron chi connectivity index (χ4n) is 2.41. The van der Waals surface area contributed by atoms with E-state index < -0.39 is 0 Å². The van der Waals surface area contributed by atoms with Crippen LogP contribution in [0.5, 0.6) is 0 Å². The number of rotatable bonds is 2. The quantitative estimate of drug-likeness (QED) is 0.839. The van der Waals surface area contributed by atoms with Crippen molar-refractivity contribution in [3.8, 4) is 0 Å². The van der Waals surface area contributed by atoms with Crippen LogP contribution in [0.2, 0.25) is 0 Å². The number of nitrogens with one attached hydrogen (secondary N) is 2. The molecule has 3 nitrogen and oxygen atoms in total. The van der Waals surface area contributed by atoms with Crippen molar-refractivity contribution in [1.82, 2.24) is 10.6 Å². The zero-order valence-electron chi connectivity index (χ0n) is 11.4. The van der Waals surface area contributed by atoms with Crippen LogP contribution < -0.4 is 10.6 Å². The Morgan fingerprint density at radius 1 is 1.33 bits per heavy atom. The fourth-order valence-corrected chi connectivity index (χ4v) is 2.41. The normalized spacial score (nSPS) is 23.7. The number of aryl methyl sites for hydroxylation is 2. The monoisotopic (exact) mass is 246 g/mol. The zero-order chi connectivity index (χ0) is 13.1. The fraction of sp³-hybridized carbons (Fsp3) is 0.533. The Kier molecular flexibility index (Phi) is 4.02. The summed E-state index contributed by atoms with van der Waals surface area (Å²) in [6.07, 6.45) is 2.03. The number of benzene rings is 1. The molecule has 1 aliphatic heterocycles.